The molecule has 90 valence electrons. The summed E-state index contributed by atoms with van der Waals surface area (Å²) in [6.07, 6.45) is 1.70. The summed E-state index contributed by atoms with van der Waals surface area (Å²) in [6, 6.07) is 3.83. The van der Waals surface area contributed by atoms with Crippen LogP contribution in [0.2, 0.25) is 0 Å². The molecule has 0 aromatic carbocycles. The predicted octanol–water partition coefficient (Wildman–Crippen LogP) is 1.07. The number of ether oxygens (including phenoxy) is 1. The average Bonchev–Trinajstić information content (AvgIpc) is 2.76. The van der Waals surface area contributed by atoms with Crippen molar-refractivity contribution in [3.63, 3.8) is 0 Å². The molecule has 2 aromatic heterocycles. The average molecular weight is 234 g/mol. The Labute approximate surface area is 99.0 Å². The lowest BCUT2D eigenvalue weighted by atomic mass is 10.2. The fraction of sp³-hybridized carbons (Fsp3) is 0.364. The van der Waals surface area contributed by atoms with Gasteiger partial charge in [-0.25, -0.2) is 4.98 Å². The first-order chi connectivity index (χ1) is 8.29. The van der Waals surface area contributed by atoms with Gasteiger partial charge >= 0.3 is 0 Å². The topological polar surface area (TPSA) is 73.1 Å². The highest BCUT2D eigenvalue weighted by molar-refractivity contribution is 5.24. The maximum Gasteiger partial charge on any atom is 0.230 e. The molecule has 0 spiro atoms. The standard InChI is InChI=1S/C11H14N4O2/c1-8-14-15-10(17-8)7-12-6-9-4-3-5-13-11(9)16-2/h3-5,12H,6-7H2,1-2H3. The van der Waals surface area contributed by atoms with Gasteiger partial charge in [0.15, 0.2) is 0 Å². The van der Waals surface area contributed by atoms with Crippen LogP contribution in [0.4, 0.5) is 0 Å². The second kappa shape index (κ2) is 5.40. The Hall–Kier alpha value is -1.95. The molecule has 0 fully saturated rings. The first-order valence-electron chi connectivity index (χ1n) is 5.27. The Balaban J connectivity index is 1.89. The molecule has 0 saturated heterocycles. The number of aryl methyl sites for hydroxylation is 1. The number of hydrogen-bond acceptors (Lipinski definition) is 6. The molecule has 0 bridgehead atoms. The second-order valence-corrected chi connectivity index (χ2v) is 3.49. The molecule has 0 aliphatic heterocycles. The number of hydrogen-bond donors (Lipinski definition) is 1. The molecular formula is C11H14N4O2. The van der Waals surface area contributed by atoms with Crippen LogP contribution in [0.15, 0.2) is 22.7 Å². The zero-order valence-corrected chi connectivity index (χ0v) is 9.80. The smallest absolute Gasteiger partial charge is 0.230 e. The van der Waals surface area contributed by atoms with E-state index in [-0.39, 0.29) is 0 Å². The molecule has 0 radical (unpaired) electrons. The third-order valence-electron chi connectivity index (χ3n) is 2.20. The highest BCUT2D eigenvalue weighted by atomic mass is 16.5. The number of pyridine rings is 1. The van der Waals surface area contributed by atoms with Crippen molar-refractivity contribution in [3.05, 3.63) is 35.7 Å². The van der Waals surface area contributed by atoms with Crippen molar-refractivity contribution in [1.29, 1.82) is 0 Å². The third-order valence-corrected chi connectivity index (χ3v) is 2.20. The predicted molar refractivity (Wildman–Crippen MR) is 60.4 cm³/mol. The molecule has 1 N–H and O–H groups in total. The van der Waals surface area contributed by atoms with Crippen molar-refractivity contribution in [2.75, 3.05) is 7.11 Å². The largest absolute Gasteiger partial charge is 0.481 e. The van der Waals surface area contributed by atoms with Crippen LogP contribution in [-0.2, 0) is 13.1 Å². The summed E-state index contributed by atoms with van der Waals surface area (Å²) in [5.41, 5.74) is 0.992. The molecule has 2 aromatic rings. The van der Waals surface area contributed by atoms with Gasteiger partial charge in [-0.05, 0) is 6.07 Å². The SMILES string of the molecule is COc1ncccc1CNCc1nnc(C)o1. The minimum Gasteiger partial charge on any atom is -0.481 e. The number of nitrogens with zero attached hydrogens (tertiary/aromatic N) is 3. The lowest BCUT2D eigenvalue weighted by Gasteiger charge is -2.06. The van der Waals surface area contributed by atoms with E-state index in [0.717, 1.165) is 5.56 Å². The maximum atomic E-state index is 5.25. The lowest BCUT2D eigenvalue weighted by molar-refractivity contribution is 0.388. The molecule has 6 heteroatoms. The van der Waals surface area contributed by atoms with Gasteiger partial charge in [-0.2, -0.15) is 0 Å². The van der Waals surface area contributed by atoms with Crippen LogP contribution in [0.5, 0.6) is 5.88 Å². The van der Waals surface area contributed by atoms with Gasteiger partial charge in [0.25, 0.3) is 0 Å². The van der Waals surface area contributed by atoms with Crippen molar-refractivity contribution in [3.8, 4) is 5.88 Å². The van der Waals surface area contributed by atoms with E-state index < -0.39 is 0 Å². The Kier molecular flexibility index (Phi) is 3.66. The highest BCUT2D eigenvalue weighted by Crippen LogP contribution is 2.12. The van der Waals surface area contributed by atoms with Gasteiger partial charge in [0.2, 0.25) is 17.7 Å². The van der Waals surface area contributed by atoms with Crippen molar-refractivity contribution in [2.24, 2.45) is 0 Å². The van der Waals surface area contributed by atoms with Crippen molar-refractivity contribution >= 4 is 0 Å². The van der Waals surface area contributed by atoms with E-state index in [1.54, 1.807) is 20.2 Å². The van der Waals surface area contributed by atoms with Gasteiger partial charge in [0.05, 0.1) is 13.7 Å². The van der Waals surface area contributed by atoms with E-state index in [1.165, 1.54) is 0 Å². The monoisotopic (exact) mass is 234 g/mol. The molecule has 0 aliphatic rings. The van der Waals surface area contributed by atoms with E-state index in [9.17, 15) is 0 Å². The van der Waals surface area contributed by atoms with Crippen LogP contribution >= 0.6 is 0 Å². The summed E-state index contributed by atoms with van der Waals surface area (Å²) in [5, 5.41) is 10.8. The fourth-order valence-corrected chi connectivity index (χ4v) is 1.46. The van der Waals surface area contributed by atoms with Gasteiger partial charge in [0, 0.05) is 25.2 Å². The Morgan fingerprint density at radius 1 is 1.35 bits per heavy atom. The van der Waals surface area contributed by atoms with Crippen molar-refractivity contribution < 1.29 is 9.15 Å². The molecule has 0 unspecified atom stereocenters. The van der Waals surface area contributed by atoms with Crippen LogP contribution in [-0.4, -0.2) is 22.3 Å². The van der Waals surface area contributed by atoms with Crippen molar-refractivity contribution in [1.82, 2.24) is 20.5 Å². The highest BCUT2D eigenvalue weighted by Gasteiger charge is 2.04. The Morgan fingerprint density at radius 3 is 2.94 bits per heavy atom. The number of nitrogens with one attached hydrogen (secondary N) is 1. The van der Waals surface area contributed by atoms with Crippen molar-refractivity contribution in [2.45, 2.75) is 20.0 Å². The summed E-state index contributed by atoms with van der Waals surface area (Å²) in [4.78, 5) is 4.11. The Bertz CT molecular complexity index is 484. The van der Waals surface area contributed by atoms with E-state index >= 15 is 0 Å². The lowest BCUT2D eigenvalue weighted by Crippen LogP contribution is -2.14. The summed E-state index contributed by atoms with van der Waals surface area (Å²) in [6.45, 7) is 2.93. The minimum atomic E-state index is 0.527. The van der Waals surface area contributed by atoms with Crippen LogP contribution in [0.25, 0.3) is 0 Å². The fourth-order valence-electron chi connectivity index (χ4n) is 1.46. The molecule has 2 rings (SSSR count). The molecule has 0 saturated carbocycles. The number of methoxy groups -OCH3 is 1. The molecule has 0 atom stereocenters. The number of rotatable bonds is 5. The van der Waals surface area contributed by atoms with Gasteiger partial charge in [0.1, 0.15) is 0 Å². The van der Waals surface area contributed by atoms with E-state index in [0.29, 0.717) is 30.8 Å². The Morgan fingerprint density at radius 2 is 2.24 bits per heavy atom. The van der Waals surface area contributed by atoms with Gasteiger partial charge < -0.3 is 14.5 Å². The summed E-state index contributed by atoms with van der Waals surface area (Å²) in [7, 11) is 1.60. The summed E-state index contributed by atoms with van der Waals surface area (Å²) < 4.78 is 10.4. The minimum absolute atomic E-state index is 0.527. The molecule has 17 heavy (non-hydrogen) atoms. The van der Waals surface area contributed by atoms with Gasteiger partial charge in [-0.1, -0.05) is 6.07 Å². The van der Waals surface area contributed by atoms with Gasteiger partial charge in [-0.15, -0.1) is 10.2 Å². The normalized spacial score (nSPS) is 10.5. The summed E-state index contributed by atoms with van der Waals surface area (Å²) in [5.74, 6) is 1.77. The van der Waals surface area contributed by atoms with Crippen LogP contribution < -0.4 is 10.1 Å². The zero-order chi connectivity index (χ0) is 12.1. The molecule has 0 aliphatic carbocycles. The molecule has 0 amide bonds. The van der Waals surface area contributed by atoms with Crippen LogP contribution in [0.3, 0.4) is 0 Å². The van der Waals surface area contributed by atoms with Crippen LogP contribution in [0, 0.1) is 6.92 Å². The first-order valence-corrected chi connectivity index (χ1v) is 5.27. The molecule has 6 nitrogen and oxygen atoms in total. The molecule has 2 heterocycles. The van der Waals surface area contributed by atoms with Gasteiger partial charge in [-0.3, -0.25) is 0 Å². The third kappa shape index (κ3) is 3.01. The van der Waals surface area contributed by atoms with E-state index in [2.05, 4.69) is 20.5 Å². The second-order valence-electron chi connectivity index (χ2n) is 3.49. The van der Waals surface area contributed by atoms with Crippen LogP contribution in [0.1, 0.15) is 17.3 Å². The quantitative estimate of drug-likeness (QED) is 0.834. The molecular weight excluding hydrogens is 220 g/mol. The first kappa shape index (κ1) is 11.5. The number of aromatic nitrogens is 3. The zero-order valence-electron chi connectivity index (χ0n) is 9.80. The maximum absolute atomic E-state index is 5.25. The summed E-state index contributed by atoms with van der Waals surface area (Å²) >= 11 is 0. The van der Waals surface area contributed by atoms with E-state index in [4.69, 9.17) is 9.15 Å². The van der Waals surface area contributed by atoms with E-state index in [1.807, 2.05) is 12.1 Å².